The van der Waals surface area contributed by atoms with Crippen molar-refractivity contribution in [1.29, 1.82) is 0 Å². The van der Waals surface area contributed by atoms with Crippen LogP contribution in [0.5, 0.6) is 0 Å². The van der Waals surface area contributed by atoms with Crippen LogP contribution in [-0.4, -0.2) is 25.5 Å². The van der Waals surface area contributed by atoms with E-state index in [9.17, 15) is 13.2 Å². The first-order valence-electron chi connectivity index (χ1n) is 5.63. The van der Waals surface area contributed by atoms with Crippen molar-refractivity contribution in [2.45, 2.75) is 37.6 Å². The zero-order chi connectivity index (χ0) is 14.6. The highest BCUT2D eigenvalue weighted by Gasteiger charge is 2.28. The molecule has 0 amide bonds. The van der Waals surface area contributed by atoms with Crippen molar-refractivity contribution in [3.05, 3.63) is 15.8 Å². The second kappa shape index (κ2) is 6.19. The lowest BCUT2D eigenvalue weighted by Crippen LogP contribution is -2.34. The molecule has 1 aromatic rings. The van der Waals surface area contributed by atoms with Gasteiger partial charge in [-0.15, -0.1) is 17.8 Å². The van der Waals surface area contributed by atoms with Gasteiger partial charge in [-0.1, -0.05) is 19.3 Å². The summed E-state index contributed by atoms with van der Waals surface area (Å²) in [6.07, 6.45) is 6.49. The average Bonchev–Trinajstić information content (AvgIpc) is 2.71. The zero-order valence-electron chi connectivity index (χ0n) is 10.6. The highest BCUT2D eigenvalue weighted by Crippen LogP contribution is 2.27. The fraction of sp³-hybridized carbons (Fsp3) is 0.417. The number of hydrogen-bond donors (Lipinski definition) is 2. The number of terminal acetylenes is 1. The Bertz CT molecular complexity index is 610. The first kappa shape index (κ1) is 15.7. The van der Waals surface area contributed by atoms with Crippen molar-refractivity contribution in [2.24, 2.45) is 0 Å². The molecule has 0 saturated carbocycles. The van der Waals surface area contributed by atoms with E-state index in [1.54, 1.807) is 6.92 Å². The molecule has 0 aliphatic carbocycles. The van der Waals surface area contributed by atoms with Gasteiger partial charge in [0.2, 0.25) is 10.0 Å². The first-order chi connectivity index (χ1) is 8.83. The first-order valence-corrected chi connectivity index (χ1v) is 7.99. The predicted octanol–water partition coefficient (Wildman–Crippen LogP) is 1.83. The van der Waals surface area contributed by atoms with E-state index in [4.69, 9.17) is 11.5 Å². The number of aryl methyl sites for hydroxylation is 1. The molecule has 0 bridgehead atoms. The normalized spacial score (nSPS) is 12.9. The quantitative estimate of drug-likeness (QED) is 0.785. The molecule has 1 unspecified atom stereocenters. The molecule has 0 saturated heterocycles. The standard InChI is InChI=1S/C12H15NO4S2/c1-4-6-9(5-2)13-19(16,17)11-8(3)7-18-10(11)12(14)15/h2,7,9,13H,4,6H2,1,3H3,(H,14,15). The fourth-order valence-corrected chi connectivity index (χ4v) is 4.45. The van der Waals surface area contributed by atoms with Crippen LogP contribution >= 0.6 is 11.3 Å². The molecular formula is C12H15NO4S2. The lowest BCUT2D eigenvalue weighted by atomic mass is 10.2. The molecule has 1 atom stereocenters. The Morgan fingerprint density at radius 2 is 2.26 bits per heavy atom. The summed E-state index contributed by atoms with van der Waals surface area (Å²) < 4.78 is 26.8. The number of thiophene rings is 1. The summed E-state index contributed by atoms with van der Waals surface area (Å²) in [5.41, 5.74) is 0.405. The van der Waals surface area contributed by atoms with Crippen molar-refractivity contribution in [1.82, 2.24) is 4.72 Å². The van der Waals surface area contributed by atoms with Gasteiger partial charge >= 0.3 is 5.97 Å². The van der Waals surface area contributed by atoms with Crippen molar-refractivity contribution in [3.63, 3.8) is 0 Å². The minimum atomic E-state index is -3.92. The van der Waals surface area contributed by atoms with Gasteiger partial charge in [0.05, 0.1) is 6.04 Å². The molecule has 1 heterocycles. The van der Waals surface area contributed by atoms with E-state index in [-0.39, 0.29) is 9.77 Å². The van der Waals surface area contributed by atoms with Gasteiger partial charge in [0.15, 0.2) is 0 Å². The number of aromatic carboxylic acids is 1. The third-order valence-electron chi connectivity index (χ3n) is 2.46. The topological polar surface area (TPSA) is 83.5 Å². The van der Waals surface area contributed by atoms with Crippen LogP contribution in [0.15, 0.2) is 10.3 Å². The van der Waals surface area contributed by atoms with Crippen molar-refractivity contribution in [3.8, 4) is 12.3 Å². The Labute approximate surface area is 116 Å². The average molecular weight is 301 g/mol. The van der Waals surface area contributed by atoms with E-state index < -0.39 is 22.0 Å². The second-order valence-corrected chi connectivity index (χ2v) is 6.54. The van der Waals surface area contributed by atoms with Crippen LogP contribution in [0.3, 0.4) is 0 Å². The smallest absolute Gasteiger partial charge is 0.347 e. The van der Waals surface area contributed by atoms with Crippen LogP contribution in [0.1, 0.15) is 35.0 Å². The van der Waals surface area contributed by atoms with E-state index in [0.29, 0.717) is 12.0 Å². The molecule has 5 nitrogen and oxygen atoms in total. The molecule has 1 rings (SSSR count). The summed E-state index contributed by atoms with van der Waals surface area (Å²) in [6, 6.07) is -0.629. The Morgan fingerprint density at radius 3 is 2.74 bits per heavy atom. The number of sulfonamides is 1. The number of nitrogens with one attached hydrogen (secondary N) is 1. The fourth-order valence-electron chi connectivity index (χ4n) is 1.63. The molecule has 0 aliphatic rings. The van der Waals surface area contributed by atoms with Gasteiger partial charge < -0.3 is 5.11 Å². The van der Waals surface area contributed by atoms with E-state index in [2.05, 4.69) is 10.6 Å². The van der Waals surface area contributed by atoms with E-state index in [0.717, 1.165) is 17.8 Å². The minimum Gasteiger partial charge on any atom is -0.477 e. The molecule has 19 heavy (non-hydrogen) atoms. The highest BCUT2D eigenvalue weighted by atomic mass is 32.2. The summed E-state index contributed by atoms with van der Waals surface area (Å²) in [5, 5.41) is 10.5. The summed E-state index contributed by atoms with van der Waals surface area (Å²) in [6.45, 7) is 3.44. The minimum absolute atomic E-state index is 0.193. The molecule has 0 spiro atoms. The van der Waals surface area contributed by atoms with Crippen LogP contribution in [0.2, 0.25) is 0 Å². The number of carboxylic acids is 1. The Balaban J connectivity index is 3.18. The van der Waals surface area contributed by atoms with E-state index >= 15 is 0 Å². The lowest BCUT2D eigenvalue weighted by Gasteiger charge is -2.13. The third-order valence-corrected chi connectivity index (χ3v) is 5.33. The second-order valence-electron chi connectivity index (χ2n) is 4.01. The molecule has 0 aliphatic heterocycles. The molecule has 0 fully saturated rings. The monoisotopic (exact) mass is 301 g/mol. The highest BCUT2D eigenvalue weighted by molar-refractivity contribution is 7.89. The van der Waals surface area contributed by atoms with Gasteiger partial charge in [-0.3, -0.25) is 0 Å². The predicted molar refractivity (Wildman–Crippen MR) is 73.9 cm³/mol. The van der Waals surface area contributed by atoms with Crippen molar-refractivity contribution >= 4 is 27.3 Å². The Hall–Kier alpha value is -1.36. The maximum atomic E-state index is 12.2. The lowest BCUT2D eigenvalue weighted by molar-refractivity contribution is 0.0698. The maximum absolute atomic E-state index is 12.2. The number of rotatable bonds is 6. The molecule has 2 N–H and O–H groups in total. The Kier molecular flexibility index (Phi) is 5.11. The number of hydrogen-bond acceptors (Lipinski definition) is 4. The van der Waals surface area contributed by atoms with Crippen LogP contribution in [0.4, 0.5) is 0 Å². The molecule has 0 radical (unpaired) electrons. The summed E-state index contributed by atoms with van der Waals surface area (Å²) in [5.74, 6) is 1.10. The molecule has 0 aromatic carbocycles. The molecule has 1 aromatic heterocycles. The largest absolute Gasteiger partial charge is 0.477 e. The van der Waals surface area contributed by atoms with Gasteiger partial charge in [0.25, 0.3) is 0 Å². The maximum Gasteiger partial charge on any atom is 0.347 e. The molecule has 7 heteroatoms. The van der Waals surface area contributed by atoms with Crippen molar-refractivity contribution in [2.75, 3.05) is 0 Å². The summed E-state index contributed by atoms with van der Waals surface area (Å²) in [7, 11) is -3.92. The van der Waals surface area contributed by atoms with Gasteiger partial charge in [0, 0.05) is 0 Å². The van der Waals surface area contributed by atoms with Gasteiger partial charge in [-0.25, -0.2) is 13.2 Å². The van der Waals surface area contributed by atoms with Gasteiger partial charge in [0.1, 0.15) is 9.77 Å². The number of carbonyl (C=O) groups is 1. The molecular weight excluding hydrogens is 286 g/mol. The van der Waals surface area contributed by atoms with E-state index in [1.165, 1.54) is 5.38 Å². The number of carboxylic acid groups (broad SMARTS) is 1. The third kappa shape index (κ3) is 3.56. The summed E-state index contributed by atoms with van der Waals surface area (Å²) >= 11 is 0.889. The van der Waals surface area contributed by atoms with Crippen LogP contribution in [0.25, 0.3) is 0 Å². The van der Waals surface area contributed by atoms with Gasteiger partial charge in [-0.2, -0.15) is 4.72 Å². The Morgan fingerprint density at radius 1 is 1.63 bits per heavy atom. The van der Waals surface area contributed by atoms with Crippen LogP contribution in [0, 0.1) is 19.3 Å². The van der Waals surface area contributed by atoms with Gasteiger partial charge in [-0.05, 0) is 24.3 Å². The van der Waals surface area contributed by atoms with Crippen LogP contribution in [-0.2, 0) is 10.0 Å². The van der Waals surface area contributed by atoms with E-state index in [1.807, 2.05) is 6.92 Å². The summed E-state index contributed by atoms with van der Waals surface area (Å²) in [4.78, 5) is 10.7. The zero-order valence-corrected chi connectivity index (χ0v) is 12.3. The van der Waals surface area contributed by atoms with Crippen molar-refractivity contribution < 1.29 is 18.3 Å². The van der Waals surface area contributed by atoms with Crippen LogP contribution < -0.4 is 4.72 Å². The SMILES string of the molecule is C#CC(CCC)NS(=O)(=O)c1c(C)csc1C(=O)O. The molecule has 104 valence electrons.